The van der Waals surface area contributed by atoms with Crippen molar-refractivity contribution in [1.29, 1.82) is 0 Å². The van der Waals surface area contributed by atoms with Gasteiger partial charge in [-0.1, -0.05) is 13.8 Å². The van der Waals surface area contributed by atoms with Crippen LogP contribution in [0.2, 0.25) is 0 Å². The Morgan fingerprint density at radius 2 is 1.94 bits per heavy atom. The minimum Gasteiger partial charge on any atom is -0.388 e. The number of aliphatic hydroxyl groups excluding tert-OH is 1. The van der Waals surface area contributed by atoms with Gasteiger partial charge in [0.25, 0.3) is 0 Å². The molecule has 1 aliphatic carbocycles. The second-order valence-electron chi connectivity index (χ2n) is 5.57. The van der Waals surface area contributed by atoms with Crippen LogP contribution in [-0.2, 0) is 7.05 Å². The summed E-state index contributed by atoms with van der Waals surface area (Å²) in [6, 6.07) is 0. The van der Waals surface area contributed by atoms with Gasteiger partial charge < -0.3 is 5.11 Å². The van der Waals surface area contributed by atoms with Gasteiger partial charge in [0.2, 0.25) is 0 Å². The average Bonchev–Trinajstić information content (AvgIpc) is 2.62. The Morgan fingerprint density at radius 1 is 1.31 bits per heavy atom. The molecule has 1 N–H and O–H groups in total. The van der Waals surface area contributed by atoms with Gasteiger partial charge in [-0.05, 0) is 37.0 Å². The molecule has 1 heterocycles. The van der Waals surface area contributed by atoms with E-state index >= 15 is 0 Å². The number of hydrogen-bond acceptors (Lipinski definition) is 2. The van der Waals surface area contributed by atoms with Crippen LogP contribution in [0.25, 0.3) is 0 Å². The molecule has 3 unspecified atom stereocenters. The largest absolute Gasteiger partial charge is 0.388 e. The van der Waals surface area contributed by atoms with E-state index in [-0.39, 0.29) is 6.10 Å². The number of aryl methyl sites for hydroxylation is 1. The van der Waals surface area contributed by atoms with E-state index in [1.54, 1.807) is 10.9 Å². The van der Waals surface area contributed by atoms with Crippen molar-refractivity contribution >= 4 is 0 Å². The van der Waals surface area contributed by atoms with E-state index in [1.165, 1.54) is 6.42 Å². The molecule has 0 spiro atoms. The Bertz CT molecular complexity index is 337. The third kappa shape index (κ3) is 2.46. The molecule has 0 aliphatic heterocycles. The first-order valence-corrected chi connectivity index (χ1v) is 6.23. The third-order valence-corrected chi connectivity index (χ3v) is 3.73. The van der Waals surface area contributed by atoms with E-state index < -0.39 is 0 Å². The molecule has 16 heavy (non-hydrogen) atoms. The SMILES string of the molecule is CC1CC(C)CC(C(O)c2cnn(C)c2)C1. The van der Waals surface area contributed by atoms with Crippen molar-refractivity contribution in [2.45, 2.75) is 39.2 Å². The maximum absolute atomic E-state index is 10.3. The summed E-state index contributed by atoms with van der Waals surface area (Å²) in [5.41, 5.74) is 0.966. The molecule has 1 fully saturated rings. The smallest absolute Gasteiger partial charge is 0.0848 e. The number of rotatable bonds is 2. The van der Waals surface area contributed by atoms with Crippen LogP contribution in [0.15, 0.2) is 12.4 Å². The van der Waals surface area contributed by atoms with Crippen LogP contribution in [0.3, 0.4) is 0 Å². The lowest BCUT2D eigenvalue weighted by Crippen LogP contribution is -2.24. The predicted octanol–water partition coefficient (Wildman–Crippen LogP) is 2.53. The highest BCUT2D eigenvalue weighted by atomic mass is 16.3. The van der Waals surface area contributed by atoms with Crippen LogP contribution in [0.4, 0.5) is 0 Å². The van der Waals surface area contributed by atoms with Gasteiger partial charge >= 0.3 is 0 Å². The zero-order valence-corrected chi connectivity index (χ0v) is 10.4. The molecule has 1 saturated carbocycles. The first-order valence-electron chi connectivity index (χ1n) is 6.23. The Hall–Kier alpha value is -0.830. The summed E-state index contributed by atoms with van der Waals surface area (Å²) in [6.07, 6.45) is 6.96. The molecule has 0 saturated heterocycles. The van der Waals surface area contributed by atoms with E-state index in [0.29, 0.717) is 5.92 Å². The molecule has 2 rings (SSSR count). The Balaban J connectivity index is 2.06. The second-order valence-corrected chi connectivity index (χ2v) is 5.57. The number of nitrogens with zero attached hydrogens (tertiary/aromatic N) is 2. The molecule has 1 aromatic rings. The minimum atomic E-state index is -0.334. The summed E-state index contributed by atoms with van der Waals surface area (Å²) >= 11 is 0. The Kier molecular flexibility index (Phi) is 3.33. The zero-order valence-electron chi connectivity index (χ0n) is 10.4. The molecule has 0 aromatic carbocycles. The summed E-state index contributed by atoms with van der Waals surface area (Å²) in [4.78, 5) is 0. The maximum atomic E-state index is 10.3. The normalized spacial score (nSPS) is 32.6. The molecule has 3 atom stereocenters. The fourth-order valence-corrected chi connectivity index (χ4v) is 3.13. The van der Waals surface area contributed by atoms with Gasteiger partial charge in [0.15, 0.2) is 0 Å². The molecular weight excluding hydrogens is 200 g/mol. The lowest BCUT2D eigenvalue weighted by atomic mass is 9.73. The molecule has 90 valence electrons. The van der Waals surface area contributed by atoms with Gasteiger partial charge in [-0.25, -0.2) is 0 Å². The highest BCUT2D eigenvalue weighted by molar-refractivity contribution is 5.09. The summed E-state index contributed by atoms with van der Waals surface area (Å²) < 4.78 is 1.76. The molecule has 0 amide bonds. The van der Waals surface area contributed by atoms with Crippen LogP contribution in [0, 0.1) is 17.8 Å². The molecule has 0 radical (unpaired) electrons. The van der Waals surface area contributed by atoms with Crippen LogP contribution < -0.4 is 0 Å². The summed E-state index contributed by atoms with van der Waals surface area (Å²) in [7, 11) is 1.89. The summed E-state index contributed by atoms with van der Waals surface area (Å²) in [5.74, 6) is 1.88. The highest BCUT2D eigenvalue weighted by Gasteiger charge is 2.30. The van der Waals surface area contributed by atoms with Crippen molar-refractivity contribution in [3.8, 4) is 0 Å². The van der Waals surface area contributed by atoms with Crippen LogP contribution in [-0.4, -0.2) is 14.9 Å². The summed E-state index contributed by atoms with van der Waals surface area (Å²) in [5, 5.41) is 14.5. The van der Waals surface area contributed by atoms with Crippen molar-refractivity contribution in [2.75, 3.05) is 0 Å². The molecule has 3 heteroatoms. The van der Waals surface area contributed by atoms with Crippen molar-refractivity contribution in [3.05, 3.63) is 18.0 Å². The molecule has 0 bridgehead atoms. The van der Waals surface area contributed by atoms with E-state index in [0.717, 1.165) is 30.2 Å². The van der Waals surface area contributed by atoms with Crippen molar-refractivity contribution in [2.24, 2.45) is 24.8 Å². The minimum absolute atomic E-state index is 0.334. The van der Waals surface area contributed by atoms with E-state index in [9.17, 15) is 5.11 Å². The van der Waals surface area contributed by atoms with Gasteiger partial charge in [-0.15, -0.1) is 0 Å². The van der Waals surface area contributed by atoms with E-state index in [4.69, 9.17) is 0 Å². The lowest BCUT2D eigenvalue weighted by Gasteiger charge is -2.34. The predicted molar refractivity (Wildman–Crippen MR) is 63.8 cm³/mol. The fourth-order valence-electron chi connectivity index (χ4n) is 3.13. The fraction of sp³-hybridized carbons (Fsp3) is 0.769. The third-order valence-electron chi connectivity index (χ3n) is 3.73. The van der Waals surface area contributed by atoms with Gasteiger partial charge in [0.05, 0.1) is 12.3 Å². The van der Waals surface area contributed by atoms with Gasteiger partial charge in [0, 0.05) is 18.8 Å². The Morgan fingerprint density at radius 3 is 2.44 bits per heavy atom. The first-order chi connectivity index (χ1) is 7.56. The van der Waals surface area contributed by atoms with Crippen LogP contribution in [0.5, 0.6) is 0 Å². The Labute approximate surface area is 97.5 Å². The highest BCUT2D eigenvalue weighted by Crippen LogP contribution is 2.39. The monoisotopic (exact) mass is 222 g/mol. The van der Waals surface area contributed by atoms with Gasteiger partial charge in [-0.3, -0.25) is 4.68 Å². The molecule has 3 nitrogen and oxygen atoms in total. The van der Waals surface area contributed by atoms with E-state index in [2.05, 4.69) is 18.9 Å². The van der Waals surface area contributed by atoms with Crippen molar-refractivity contribution in [1.82, 2.24) is 9.78 Å². The quantitative estimate of drug-likeness (QED) is 0.835. The average molecular weight is 222 g/mol. The topological polar surface area (TPSA) is 38.1 Å². The lowest BCUT2D eigenvalue weighted by molar-refractivity contribution is 0.0551. The van der Waals surface area contributed by atoms with Gasteiger partial charge in [0.1, 0.15) is 0 Å². The summed E-state index contributed by atoms with van der Waals surface area (Å²) in [6.45, 7) is 4.58. The zero-order chi connectivity index (χ0) is 11.7. The van der Waals surface area contributed by atoms with Crippen LogP contribution >= 0.6 is 0 Å². The second kappa shape index (κ2) is 4.58. The molecular formula is C13H22N2O. The maximum Gasteiger partial charge on any atom is 0.0848 e. The van der Waals surface area contributed by atoms with Crippen molar-refractivity contribution < 1.29 is 5.11 Å². The number of aliphatic hydroxyl groups is 1. The standard InChI is InChI=1S/C13H22N2O/c1-9-4-10(2)6-11(5-9)13(16)12-7-14-15(3)8-12/h7-11,13,16H,4-6H2,1-3H3. The first kappa shape index (κ1) is 11.6. The molecule has 1 aromatic heterocycles. The van der Waals surface area contributed by atoms with Gasteiger partial charge in [-0.2, -0.15) is 5.10 Å². The molecule has 1 aliphatic rings. The van der Waals surface area contributed by atoms with E-state index in [1.807, 2.05) is 13.2 Å². The van der Waals surface area contributed by atoms with Crippen LogP contribution in [0.1, 0.15) is 44.8 Å². The van der Waals surface area contributed by atoms with Crippen molar-refractivity contribution in [3.63, 3.8) is 0 Å². The number of aromatic nitrogens is 2. The number of hydrogen-bond donors (Lipinski definition) is 1.